The first kappa shape index (κ1) is 23.3. The summed E-state index contributed by atoms with van der Waals surface area (Å²) in [6.07, 6.45) is 2.80. The van der Waals surface area contributed by atoms with Crippen LogP contribution in [0.15, 0.2) is 59.6 Å². The van der Waals surface area contributed by atoms with Crippen molar-refractivity contribution in [1.29, 1.82) is 0 Å². The van der Waals surface area contributed by atoms with Crippen LogP contribution in [0.4, 0.5) is 0 Å². The fourth-order valence-corrected chi connectivity index (χ4v) is 4.99. The van der Waals surface area contributed by atoms with Crippen LogP contribution in [0.1, 0.15) is 48.9 Å². The van der Waals surface area contributed by atoms with Gasteiger partial charge in [-0.3, -0.25) is 14.7 Å². The fraction of sp³-hybridized carbons (Fsp3) is 0.481. The van der Waals surface area contributed by atoms with E-state index in [0.717, 1.165) is 64.6 Å². The first-order valence-corrected chi connectivity index (χ1v) is 12.3. The van der Waals surface area contributed by atoms with Crippen LogP contribution in [0, 0.1) is 0 Å². The van der Waals surface area contributed by atoms with E-state index in [2.05, 4.69) is 81.6 Å². The standard InChI is InChI=1S/C27H37N5O/c1-3-25(24-8-5-4-6-9-24)30-16-18-31(19-17-30)27(28-2)29-20-22-11-13-23(14-12-22)21-32-15-7-10-26(32)33/h4-6,8-9,11-14,25H,3,7,10,15-21H2,1-2H3,(H,28,29). The number of amides is 1. The van der Waals surface area contributed by atoms with E-state index in [1.165, 1.54) is 16.7 Å². The third-order valence-electron chi connectivity index (χ3n) is 6.86. The second-order valence-corrected chi connectivity index (χ2v) is 8.99. The molecule has 1 atom stereocenters. The molecular weight excluding hydrogens is 410 g/mol. The highest BCUT2D eigenvalue weighted by molar-refractivity contribution is 5.80. The number of hydrogen-bond donors (Lipinski definition) is 1. The van der Waals surface area contributed by atoms with E-state index < -0.39 is 0 Å². The zero-order valence-corrected chi connectivity index (χ0v) is 20.0. The van der Waals surface area contributed by atoms with E-state index >= 15 is 0 Å². The van der Waals surface area contributed by atoms with Crippen LogP contribution in [0.3, 0.4) is 0 Å². The number of carbonyl (C=O) groups excluding carboxylic acids is 1. The Balaban J connectivity index is 1.26. The minimum absolute atomic E-state index is 0.277. The largest absolute Gasteiger partial charge is 0.352 e. The zero-order chi connectivity index (χ0) is 23.0. The summed E-state index contributed by atoms with van der Waals surface area (Å²) in [6.45, 7) is 8.67. The lowest BCUT2D eigenvalue weighted by Crippen LogP contribution is -2.52. The number of nitrogens with zero attached hydrogens (tertiary/aromatic N) is 4. The summed E-state index contributed by atoms with van der Waals surface area (Å²) < 4.78 is 0. The summed E-state index contributed by atoms with van der Waals surface area (Å²) in [7, 11) is 1.86. The Morgan fingerprint density at radius 3 is 2.27 bits per heavy atom. The van der Waals surface area contributed by atoms with Gasteiger partial charge in [0, 0.05) is 65.3 Å². The van der Waals surface area contributed by atoms with Gasteiger partial charge in [0.05, 0.1) is 0 Å². The molecule has 2 aliphatic rings. The molecule has 2 aliphatic heterocycles. The third kappa shape index (κ3) is 5.93. The molecule has 4 rings (SSSR count). The number of carbonyl (C=O) groups is 1. The second kappa shape index (κ2) is 11.3. The molecule has 0 spiro atoms. The molecule has 0 aliphatic carbocycles. The molecular formula is C27H37N5O. The number of benzene rings is 2. The average Bonchev–Trinajstić information content (AvgIpc) is 3.26. The summed E-state index contributed by atoms with van der Waals surface area (Å²) in [5.74, 6) is 1.24. The Morgan fingerprint density at radius 2 is 1.67 bits per heavy atom. The SMILES string of the molecule is CCC(c1ccccc1)N1CCN(C(=NC)NCc2ccc(CN3CCCC3=O)cc2)CC1. The van der Waals surface area contributed by atoms with Crippen LogP contribution < -0.4 is 5.32 Å². The highest BCUT2D eigenvalue weighted by atomic mass is 16.2. The van der Waals surface area contributed by atoms with Crippen molar-refractivity contribution in [3.05, 3.63) is 71.3 Å². The zero-order valence-electron chi connectivity index (χ0n) is 20.0. The first-order valence-electron chi connectivity index (χ1n) is 12.3. The van der Waals surface area contributed by atoms with E-state index in [4.69, 9.17) is 0 Å². The van der Waals surface area contributed by atoms with Crippen LogP contribution >= 0.6 is 0 Å². The molecule has 1 unspecified atom stereocenters. The maximum atomic E-state index is 11.8. The maximum absolute atomic E-state index is 11.8. The summed E-state index contributed by atoms with van der Waals surface area (Å²) in [6, 6.07) is 19.9. The number of nitrogens with one attached hydrogen (secondary N) is 1. The molecule has 2 aromatic rings. The molecule has 1 N–H and O–H groups in total. The molecule has 0 aromatic heterocycles. The van der Waals surface area contributed by atoms with Crippen molar-refractivity contribution in [3.8, 4) is 0 Å². The molecule has 33 heavy (non-hydrogen) atoms. The Bertz CT molecular complexity index is 919. The van der Waals surface area contributed by atoms with E-state index in [1.807, 2.05) is 11.9 Å². The Labute approximate surface area is 198 Å². The summed E-state index contributed by atoms with van der Waals surface area (Å²) >= 11 is 0. The van der Waals surface area contributed by atoms with Gasteiger partial charge >= 0.3 is 0 Å². The van der Waals surface area contributed by atoms with Gasteiger partial charge in [0.15, 0.2) is 5.96 Å². The van der Waals surface area contributed by atoms with E-state index in [1.54, 1.807) is 0 Å². The number of rotatable bonds is 7. The van der Waals surface area contributed by atoms with Gasteiger partial charge in [-0.2, -0.15) is 0 Å². The van der Waals surface area contributed by atoms with Gasteiger partial charge in [-0.05, 0) is 29.5 Å². The molecule has 2 aromatic carbocycles. The smallest absolute Gasteiger partial charge is 0.222 e. The monoisotopic (exact) mass is 447 g/mol. The number of hydrogen-bond acceptors (Lipinski definition) is 3. The molecule has 0 saturated carbocycles. The molecule has 2 fully saturated rings. The lowest BCUT2D eigenvalue weighted by Gasteiger charge is -2.40. The molecule has 2 heterocycles. The summed E-state index contributed by atoms with van der Waals surface area (Å²) in [5, 5.41) is 3.54. The van der Waals surface area contributed by atoms with Crippen LogP contribution in [0.25, 0.3) is 0 Å². The quantitative estimate of drug-likeness (QED) is 0.520. The lowest BCUT2D eigenvalue weighted by molar-refractivity contribution is -0.128. The van der Waals surface area contributed by atoms with E-state index in [-0.39, 0.29) is 5.91 Å². The van der Waals surface area contributed by atoms with Crippen molar-refractivity contribution in [2.24, 2.45) is 4.99 Å². The Kier molecular flexibility index (Phi) is 8.00. The normalized spacial score (nSPS) is 18.6. The minimum Gasteiger partial charge on any atom is -0.352 e. The van der Waals surface area contributed by atoms with Crippen LogP contribution in [0.5, 0.6) is 0 Å². The fourth-order valence-electron chi connectivity index (χ4n) is 4.99. The van der Waals surface area contributed by atoms with Crippen LogP contribution in [-0.4, -0.2) is 66.3 Å². The van der Waals surface area contributed by atoms with Gasteiger partial charge in [0.25, 0.3) is 0 Å². The molecule has 176 valence electrons. The third-order valence-corrected chi connectivity index (χ3v) is 6.86. The highest BCUT2D eigenvalue weighted by Gasteiger charge is 2.25. The first-order chi connectivity index (χ1) is 16.2. The van der Waals surface area contributed by atoms with Gasteiger partial charge in [-0.15, -0.1) is 0 Å². The van der Waals surface area contributed by atoms with Gasteiger partial charge < -0.3 is 15.1 Å². The van der Waals surface area contributed by atoms with Gasteiger partial charge in [0.2, 0.25) is 5.91 Å². The topological polar surface area (TPSA) is 51.2 Å². The maximum Gasteiger partial charge on any atom is 0.222 e. The number of piperazine rings is 1. The van der Waals surface area contributed by atoms with Gasteiger partial charge in [-0.1, -0.05) is 61.5 Å². The van der Waals surface area contributed by atoms with E-state index in [0.29, 0.717) is 12.5 Å². The molecule has 1 amide bonds. The van der Waals surface area contributed by atoms with Crippen molar-refractivity contribution >= 4 is 11.9 Å². The lowest BCUT2D eigenvalue weighted by atomic mass is 10.0. The second-order valence-electron chi connectivity index (χ2n) is 8.99. The number of likely N-dealkylation sites (tertiary alicyclic amines) is 1. The molecule has 0 radical (unpaired) electrons. The summed E-state index contributed by atoms with van der Waals surface area (Å²) in [4.78, 5) is 23.3. The predicted octanol–water partition coefficient (Wildman–Crippen LogP) is 3.65. The Morgan fingerprint density at radius 1 is 0.970 bits per heavy atom. The van der Waals surface area contributed by atoms with Crippen molar-refractivity contribution in [2.75, 3.05) is 39.8 Å². The molecule has 6 nitrogen and oxygen atoms in total. The molecule has 2 saturated heterocycles. The number of guanidine groups is 1. The van der Waals surface area contributed by atoms with Crippen molar-refractivity contribution in [3.63, 3.8) is 0 Å². The average molecular weight is 448 g/mol. The van der Waals surface area contributed by atoms with Crippen LogP contribution in [-0.2, 0) is 17.9 Å². The van der Waals surface area contributed by atoms with E-state index in [9.17, 15) is 4.79 Å². The Hall–Kier alpha value is -2.86. The van der Waals surface area contributed by atoms with Gasteiger partial charge in [0.1, 0.15) is 0 Å². The minimum atomic E-state index is 0.277. The highest BCUT2D eigenvalue weighted by Crippen LogP contribution is 2.25. The van der Waals surface area contributed by atoms with Gasteiger partial charge in [-0.25, -0.2) is 0 Å². The van der Waals surface area contributed by atoms with Crippen molar-refractivity contribution in [1.82, 2.24) is 20.0 Å². The number of aliphatic imine (C=N–C) groups is 1. The van der Waals surface area contributed by atoms with Crippen molar-refractivity contribution < 1.29 is 4.79 Å². The van der Waals surface area contributed by atoms with Crippen molar-refractivity contribution in [2.45, 2.75) is 45.3 Å². The predicted molar refractivity (Wildman–Crippen MR) is 134 cm³/mol. The summed E-state index contributed by atoms with van der Waals surface area (Å²) in [5.41, 5.74) is 3.83. The van der Waals surface area contributed by atoms with Crippen LogP contribution in [0.2, 0.25) is 0 Å². The molecule has 0 bridgehead atoms. The molecule has 6 heteroatoms.